The minimum atomic E-state index is -0.0742. The fraction of sp³-hybridized carbons (Fsp3) is 0.462. The Morgan fingerprint density at radius 3 is 2.72 bits per heavy atom. The van der Waals surface area contributed by atoms with Crippen molar-refractivity contribution in [3.63, 3.8) is 0 Å². The molecule has 5 heteroatoms. The molecule has 5 nitrogen and oxygen atoms in total. The first kappa shape index (κ1) is 12.9. The molecule has 0 saturated heterocycles. The van der Waals surface area contributed by atoms with Crippen LogP contribution < -0.4 is 4.90 Å². The van der Waals surface area contributed by atoms with Crippen LogP contribution in [-0.2, 0) is 6.61 Å². The van der Waals surface area contributed by atoms with Crippen molar-refractivity contribution in [2.75, 3.05) is 18.1 Å². The van der Waals surface area contributed by atoms with Crippen molar-refractivity contribution in [1.29, 1.82) is 0 Å². The van der Waals surface area contributed by atoms with Crippen molar-refractivity contribution in [1.82, 2.24) is 9.38 Å². The molecule has 0 radical (unpaired) electrons. The summed E-state index contributed by atoms with van der Waals surface area (Å²) in [6.07, 6.45) is 1.88. The Morgan fingerprint density at radius 1 is 1.33 bits per heavy atom. The van der Waals surface area contributed by atoms with Gasteiger partial charge in [-0.3, -0.25) is 4.40 Å². The van der Waals surface area contributed by atoms with Crippen molar-refractivity contribution >= 4 is 11.5 Å². The Labute approximate surface area is 106 Å². The van der Waals surface area contributed by atoms with E-state index in [1.54, 1.807) is 0 Å². The molecule has 0 bridgehead atoms. The first-order valence-electron chi connectivity index (χ1n) is 6.13. The number of pyridine rings is 1. The molecule has 0 aromatic carbocycles. The van der Waals surface area contributed by atoms with E-state index in [-0.39, 0.29) is 19.3 Å². The number of imidazole rings is 1. The van der Waals surface area contributed by atoms with Crippen LogP contribution in [0.2, 0.25) is 0 Å². The summed E-state index contributed by atoms with van der Waals surface area (Å²) in [5.74, 6) is 0.743. The fourth-order valence-corrected chi connectivity index (χ4v) is 2.13. The molecule has 2 aromatic heterocycles. The molecule has 0 saturated carbocycles. The second-order valence-electron chi connectivity index (χ2n) is 4.48. The van der Waals surface area contributed by atoms with E-state index in [0.717, 1.165) is 17.2 Å². The van der Waals surface area contributed by atoms with E-state index >= 15 is 0 Å². The maximum Gasteiger partial charge on any atom is 0.153 e. The van der Waals surface area contributed by atoms with Gasteiger partial charge in [-0.1, -0.05) is 6.07 Å². The summed E-state index contributed by atoms with van der Waals surface area (Å²) in [6, 6.07) is 5.94. The minimum Gasteiger partial charge on any atom is -0.395 e. The Balaban J connectivity index is 2.54. The number of anilines is 1. The number of hydrogen-bond donors (Lipinski definition) is 2. The van der Waals surface area contributed by atoms with Gasteiger partial charge < -0.3 is 15.1 Å². The number of fused-ring (bicyclic) bond motifs is 1. The van der Waals surface area contributed by atoms with Crippen LogP contribution in [0.15, 0.2) is 24.4 Å². The Morgan fingerprint density at radius 2 is 2.11 bits per heavy atom. The highest BCUT2D eigenvalue weighted by molar-refractivity contribution is 5.56. The van der Waals surface area contributed by atoms with E-state index in [2.05, 4.69) is 4.98 Å². The number of aromatic nitrogens is 2. The largest absolute Gasteiger partial charge is 0.395 e. The topological polar surface area (TPSA) is 61.0 Å². The van der Waals surface area contributed by atoms with Crippen LogP contribution in [0, 0.1) is 0 Å². The summed E-state index contributed by atoms with van der Waals surface area (Å²) in [7, 11) is 0. The monoisotopic (exact) mass is 249 g/mol. The van der Waals surface area contributed by atoms with Gasteiger partial charge in [-0.05, 0) is 26.0 Å². The zero-order valence-corrected chi connectivity index (χ0v) is 10.7. The second kappa shape index (κ2) is 5.37. The highest BCUT2D eigenvalue weighted by Crippen LogP contribution is 2.23. The molecule has 18 heavy (non-hydrogen) atoms. The molecule has 2 heterocycles. The van der Waals surface area contributed by atoms with Crippen LogP contribution in [0.3, 0.4) is 0 Å². The summed E-state index contributed by atoms with van der Waals surface area (Å²) in [4.78, 5) is 6.54. The molecule has 98 valence electrons. The second-order valence-corrected chi connectivity index (χ2v) is 4.48. The maximum absolute atomic E-state index is 9.55. The summed E-state index contributed by atoms with van der Waals surface area (Å²) in [6.45, 7) is 4.59. The van der Waals surface area contributed by atoms with Crippen molar-refractivity contribution in [2.45, 2.75) is 26.5 Å². The summed E-state index contributed by atoms with van der Waals surface area (Å²) >= 11 is 0. The summed E-state index contributed by atoms with van der Waals surface area (Å²) < 4.78 is 1.88. The Bertz CT molecular complexity index is 522. The molecule has 2 N–H and O–H groups in total. The fourth-order valence-electron chi connectivity index (χ4n) is 2.13. The summed E-state index contributed by atoms with van der Waals surface area (Å²) in [5, 5.41) is 18.7. The zero-order chi connectivity index (χ0) is 13.1. The van der Waals surface area contributed by atoms with Gasteiger partial charge in [0.1, 0.15) is 5.65 Å². The molecular formula is C13H19N3O2. The lowest BCUT2D eigenvalue weighted by Crippen LogP contribution is -2.34. The molecule has 2 rings (SSSR count). The summed E-state index contributed by atoms with van der Waals surface area (Å²) in [5.41, 5.74) is 1.56. The first-order chi connectivity index (χ1) is 8.69. The number of hydrogen-bond acceptors (Lipinski definition) is 4. The van der Waals surface area contributed by atoms with Crippen LogP contribution in [0.5, 0.6) is 0 Å². The molecule has 0 unspecified atom stereocenters. The number of aliphatic hydroxyl groups excluding tert-OH is 2. The lowest BCUT2D eigenvalue weighted by molar-refractivity contribution is 0.274. The van der Waals surface area contributed by atoms with Gasteiger partial charge in [0.2, 0.25) is 0 Å². The molecular weight excluding hydrogens is 230 g/mol. The third-order valence-corrected chi connectivity index (χ3v) is 2.99. The van der Waals surface area contributed by atoms with E-state index in [1.165, 1.54) is 0 Å². The smallest absolute Gasteiger partial charge is 0.153 e. The average molecular weight is 249 g/mol. The van der Waals surface area contributed by atoms with Gasteiger partial charge in [0.05, 0.1) is 18.9 Å². The third kappa shape index (κ3) is 2.19. The number of aliphatic hydroxyl groups is 2. The van der Waals surface area contributed by atoms with E-state index in [1.807, 2.05) is 47.5 Å². The number of rotatable bonds is 5. The van der Waals surface area contributed by atoms with Gasteiger partial charge in [0.15, 0.2) is 5.82 Å². The van der Waals surface area contributed by atoms with Gasteiger partial charge in [-0.15, -0.1) is 0 Å². The van der Waals surface area contributed by atoms with Crippen LogP contribution in [0.4, 0.5) is 5.82 Å². The van der Waals surface area contributed by atoms with Crippen molar-refractivity contribution in [3.8, 4) is 0 Å². The standard InChI is InChI=1S/C13H19N3O2/c1-10(2)15(7-8-17)13-11(9-18)16-6-4-3-5-12(16)14-13/h3-6,10,17-18H,7-9H2,1-2H3. The highest BCUT2D eigenvalue weighted by Gasteiger charge is 2.19. The molecule has 0 spiro atoms. The lowest BCUT2D eigenvalue weighted by Gasteiger charge is -2.26. The van der Waals surface area contributed by atoms with Crippen LogP contribution in [0.25, 0.3) is 5.65 Å². The van der Waals surface area contributed by atoms with E-state index in [0.29, 0.717) is 6.54 Å². The first-order valence-corrected chi connectivity index (χ1v) is 6.13. The molecule has 0 aliphatic heterocycles. The van der Waals surface area contributed by atoms with Crippen LogP contribution in [-0.4, -0.2) is 38.8 Å². The van der Waals surface area contributed by atoms with Gasteiger partial charge >= 0.3 is 0 Å². The molecule has 0 aliphatic rings. The molecule has 0 fully saturated rings. The van der Waals surface area contributed by atoms with Gasteiger partial charge in [0.25, 0.3) is 0 Å². The quantitative estimate of drug-likeness (QED) is 0.831. The Kier molecular flexibility index (Phi) is 3.84. The van der Waals surface area contributed by atoms with Gasteiger partial charge in [0, 0.05) is 18.8 Å². The predicted molar refractivity (Wildman–Crippen MR) is 70.7 cm³/mol. The predicted octanol–water partition coefficient (Wildman–Crippen LogP) is 1.03. The van der Waals surface area contributed by atoms with Gasteiger partial charge in [-0.25, -0.2) is 4.98 Å². The normalized spacial score (nSPS) is 11.4. The molecule has 0 aliphatic carbocycles. The Hall–Kier alpha value is -1.59. The third-order valence-electron chi connectivity index (χ3n) is 2.99. The number of nitrogens with zero attached hydrogens (tertiary/aromatic N) is 3. The van der Waals surface area contributed by atoms with E-state index in [4.69, 9.17) is 5.11 Å². The van der Waals surface area contributed by atoms with Crippen molar-refractivity contribution in [3.05, 3.63) is 30.1 Å². The van der Waals surface area contributed by atoms with Crippen LogP contribution in [0.1, 0.15) is 19.5 Å². The van der Waals surface area contributed by atoms with Crippen LogP contribution >= 0.6 is 0 Å². The zero-order valence-electron chi connectivity index (χ0n) is 10.7. The van der Waals surface area contributed by atoms with E-state index < -0.39 is 0 Å². The molecule has 2 aromatic rings. The minimum absolute atomic E-state index is 0.0664. The van der Waals surface area contributed by atoms with E-state index in [9.17, 15) is 5.11 Å². The molecule has 0 atom stereocenters. The van der Waals surface area contributed by atoms with Crippen molar-refractivity contribution in [2.24, 2.45) is 0 Å². The average Bonchev–Trinajstić information content (AvgIpc) is 2.73. The SMILES string of the molecule is CC(C)N(CCO)c1nc2ccccn2c1CO. The maximum atomic E-state index is 9.55. The van der Waals surface area contributed by atoms with Gasteiger partial charge in [-0.2, -0.15) is 0 Å². The lowest BCUT2D eigenvalue weighted by atomic mass is 10.3. The molecule has 0 amide bonds. The van der Waals surface area contributed by atoms with Crippen molar-refractivity contribution < 1.29 is 10.2 Å². The highest BCUT2D eigenvalue weighted by atomic mass is 16.3.